The van der Waals surface area contributed by atoms with Gasteiger partial charge in [0.05, 0.1) is 25.4 Å². The third-order valence-electron chi connectivity index (χ3n) is 4.97. The van der Waals surface area contributed by atoms with Crippen LogP contribution in [0.2, 0.25) is 0 Å². The van der Waals surface area contributed by atoms with Gasteiger partial charge in [-0.05, 0) is 68.3 Å². The Morgan fingerprint density at radius 1 is 1.16 bits per heavy atom. The number of ether oxygens (including phenoxy) is 1. The summed E-state index contributed by atoms with van der Waals surface area (Å²) < 4.78 is 7.22. The highest BCUT2D eigenvalue weighted by Gasteiger charge is 2.19. The van der Waals surface area contributed by atoms with E-state index in [1.54, 1.807) is 12.0 Å². The maximum Gasteiger partial charge on any atom is 0.237 e. The molecule has 0 radical (unpaired) electrons. The standard InChI is InChI=1S/C24H27N5O2S/c1-5-28-23(19-7-9-21(31-4)10-8-19)26-27-24(28)32-16-22(30)29(12-6-11-25)20-14-17(2)13-18(3)15-20/h7-10,13-15H,5-6,12,16H2,1-4H3. The first-order valence-corrected chi connectivity index (χ1v) is 11.4. The average Bonchev–Trinajstić information content (AvgIpc) is 3.20. The van der Waals surface area contributed by atoms with Crippen LogP contribution in [0, 0.1) is 25.2 Å². The summed E-state index contributed by atoms with van der Waals surface area (Å²) in [6, 6.07) is 15.8. The monoisotopic (exact) mass is 449 g/mol. The topological polar surface area (TPSA) is 84.0 Å². The zero-order valence-corrected chi connectivity index (χ0v) is 19.6. The first kappa shape index (κ1) is 23.4. The lowest BCUT2D eigenvalue weighted by Crippen LogP contribution is -2.33. The molecule has 0 bridgehead atoms. The summed E-state index contributed by atoms with van der Waals surface area (Å²) in [6.07, 6.45) is 0.274. The number of carbonyl (C=O) groups is 1. The Morgan fingerprint density at radius 2 is 1.84 bits per heavy atom. The number of hydrogen-bond donors (Lipinski definition) is 0. The molecule has 0 saturated carbocycles. The van der Waals surface area contributed by atoms with Crippen molar-refractivity contribution in [3.8, 4) is 23.2 Å². The van der Waals surface area contributed by atoms with Crippen molar-refractivity contribution < 1.29 is 9.53 Å². The molecule has 2 aromatic carbocycles. The van der Waals surface area contributed by atoms with E-state index in [0.717, 1.165) is 34.0 Å². The highest BCUT2D eigenvalue weighted by Crippen LogP contribution is 2.27. The van der Waals surface area contributed by atoms with Gasteiger partial charge in [0, 0.05) is 24.3 Å². The molecule has 0 aliphatic carbocycles. The Balaban J connectivity index is 1.78. The Morgan fingerprint density at radius 3 is 2.44 bits per heavy atom. The van der Waals surface area contributed by atoms with E-state index in [-0.39, 0.29) is 18.1 Å². The molecule has 0 aliphatic heterocycles. The number of methoxy groups -OCH3 is 1. The Hall–Kier alpha value is -3.31. The van der Waals surface area contributed by atoms with Gasteiger partial charge in [0.15, 0.2) is 11.0 Å². The van der Waals surface area contributed by atoms with Gasteiger partial charge in [0.1, 0.15) is 5.75 Å². The van der Waals surface area contributed by atoms with Gasteiger partial charge >= 0.3 is 0 Å². The maximum atomic E-state index is 13.1. The van der Waals surface area contributed by atoms with Crippen LogP contribution in [0.3, 0.4) is 0 Å². The van der Waals surface area contributed by atoms with E-state index in [4.69, 9.17) is 10.00 Å². The molecule has 0 atom stereocenters. The summed E-state index contributed by atoms with van der Waals surface area (Å²) in [5.74, 6) is 1.67. The van der Waals surface area contributed by atoms with Crippen molar-refractivity contribution in [2.75, 3.05) is 24.3 Å². The molecule has 3 rings (SSSR count). The van der Waals surface area contributed by atoms with Crippen LogP contribution in [0.4, 0.5) is 5.69 Å². The Bertz CT molecular complexity index is 1100. The molecule has 8 heteroatoms. The van der Waals surface area contributed by atoms with Crippen molar-refractivity contribution in [2.24, 2.45) is 0 Å². The van der Waals surface area contributed by atoms with Crippen LogP contribution in [0.15, 0.2) is 47.6 Å². The predicted molar refractivity (Wildman–Crippen MR) is 127 cm³/mol. The second-order valence-corrected chi connectivity index (χ2v) is 8.31. The fraction of sp³-hybridized carbons (Fsp3) is 0.333. The summed E-state index contributed by atoms with van der Waals surface area (Å²) in [5.41, 5.74) is 3.91. The number of aromatic nitrogens is 3. The second kappa shape index (κ2) is 10.8. The van der Waals surface area contributed by atoms with Gasteiger partial charge in [-0.2, -0.15) is 5.26 Å². The van der Waals surface area contributed by atoms with Gasteiger partial charge in [0.2, 0.25) is 5.91 Å². The van der Waals surface area contributed by atoms with Crippen molar-refractivity contribution in [1.29, 1.82) is 5.26 Å². The number of rotatable bonds is 9. The number of thioether (sulfide) groups is 1. The molecule has 0 saturated heterocycles. The van der Waals surface area contributed by atoms with Gasteiger partial charge in [-0.3, -0.25) is 4.79 Å². The third-order valence-corrected chi connectivity index (χ3v) is 5.92. The number of carbonyl (C=O) groups excluding carboxylic acids is 1. The lowest BCUT2D eigenvalue weighted by Gasteiger charge is -2.22. The maximum absolute atomic E-state index is 13.1. The predicted octanol–water partition coefficient (Wildman–Crippen LogP) is 4.63. The molecule has 0 fully saturated rings. The van der Waals surface area contributed by atoms with Crippen LogP contribution in [0.5, 0.6) is 5.75 Å². The molecule has 3 aromatic rings. The van der Waals surface area contributed by atoms with Crippen molar-refractivity contribution >= 4 is 23.4 Å². The van der Waals surface area contributed by atoms with Crippen LogP contribution in [0.25, 0.3) is 11.4 Å². The minimum atomic E-state index is -0.0631. The highest BCUT2D eigenvalue weighted by atomic mass is 32.2. The molecule has 0 N–H and O–H groups in total. The number of hydrogen-bond acceptors (Lipinski definition) is 6. The fourth-order valence-corrected chi connectivity index (χ4v) is 4.38. The SMILES string of the molecule is CCn1c(SCC(=O)N(CCC#N)c2cc(C)cc(C)c2)nnc1-c1ccc(OC)cc1. The van der Waals surface area contributed by atoms with Crippen LogP contribution in [-0.4, -0.2) is 40.1 Å². The van der Waals surface area contributed by atoms with E-state index >= 15 is 0 Å². The smallest absolute Gasteiger partial charge is 0.237 e. The van der Waals surface area contributed by atoms with Crippen LogP contribution < -0.4 is 9.64 Å². The van der Waals surface area contributed by atoms with E-state index in [2.05, 4.69) is 22.3 Å². The zero-order valence-electron chi connectivity index (χ0n) is 18.8. The Labute approximate surface area is 193 Å². The summed E-state index contributed by atoms with van der Waals surface area (Å²) in [6.45, 7) is 7.07. The average molecular weight is 450 g/mol. The van der Waals surface area contributed by atoms with Crippen molar-refractivity contribution in [1.82, 2.24) is 14.8 Å². The highest BCUT2D eigenvalue weighted by molar-refractivity contribution is 7.99. The largest absolute Gasteiger partial charge is 0.497 e. The molecule has 0 unspecified atom stereocenters. The lowest BCUT2D eigenvalue weighted by atomic mass is 10.1. The van der Waals surface area contributed by atoms with Gasteiger partial charge in [-0.15, -0.1) is 10.2 Å². The summed E-state index contributed by atoms with van der Waals surface area (Å²) in [5, 5.41) is 18.4. The summed E-state index contributed by atoms with van der Waals surface area (Å²) in [4.78, 5) is 14.8. The summed E-state index contributed by atoms with van der Waals surface area (Å²) >= 11 is 1.36. The lowest BCUT2D eigenvalue weighted by molar-refractivity contribution is -0.116. The molecule has 32 heavy (non-hydrogen) atoms. The number of nitriles is 1. The molecular weight excluding hydrogens is 422 g/mol. The van der Waals surface area contributed by atoms with Crippen LogP contribution in [0.1, 0.15) is 24.5 Å². The van der Waals surface area contributed by atoms with E-state index in [1.807, 2.05) is 61.7 Å². The van der Waals surface area contributed by atoms with Gasteiger partial charge in [-0.1, -0.05) is 17.8 Å². The first-order valence-electron chi connectivity index (χ1n) is 10.4. The molecule has 0 spiro atoms. The van der Waals surface area contributed by atoms with Crippen molar-refractivity contribution in [2.45, 2.75) is 38.9 Å². The van der Waals surface area contributed by atoms with Crippen molar-refractivity contribution in [3.05, 3.63) is 53.6 Å². The van der Waals surface area contributed by atoms with E-state index in [1.165, 1.54) is 11.8 Å². The Kier molecular flexibility index (Phi) is 7.90. The normalized spacial score (nSPS) is 10.6. The number of anilines is 1. The van der Waals surface area contributed by atoms with Gasteiger partial charge in [-0.25, -0.2) is 0 Å². The van der Waals surface area contributed by atoms with E-state index in [9.17, 15) is 4.79 Å². The minimum absolute atomic E-state index is 0.0631. The molecular formula is C24H27N5O2S. The zero-order chi connectivity index (χ0) is 23.1. The molecule has 1 amide bonds. The third kappa shape index (κ3) is 5.48. The van der Waals surface area contributed by atoms with E-state index in [0.29, 0.717) is 18.2 Å². The molecule has 1 aromatic heterocycles. The number of aryl methyl sites for hydroxylation is 2. The molecule has 0 aliphatic rings. The second-order valence-electron chi connectivity index (χ2n) is 7.37. The van der Waals surface area contributed by atoms with Crippen LogP contribution in [-0.2, 0) is 11.3 Å². The molecule has 7 nitrogen and oxygen atoms in total. The number of amides is 1. The fourth-order valence-electron chi connectivity index (χ4n) is 3.50. The molecule has 166 valence electrons. The molecule has 1 heterocycles. The summed E-state index contributed by atoms with van der Waals surface area (Å²) in [7, 11) is 1.63. The quantitative estimate of drug-likeness (QED) is 0.443. The first-order chi connectivity index (χ1) is 15.5. The van der Waals surface area contributed by atoms with Gasteiger partial charge < -0.3 is 14.2 Å². The number of nitrogens with zero attached hydrogens (tertiary/aromatic N) is 5. The number of benzene rings is 2. The minimum Gasteiger partial charge on any atom is -0.497 e. The van der Waals surface area contributed by atoms with Gasteiger partial charge in [0.25, 0.3) is 0 Å². The van der Waals surface area contributed by atoms with Crippen LogP contribution >= 0.6 is 11.8 Å². The van der Waals surface area contributed by atoms with Crippen molar-refractivity contribution in [3.63, 3.8) is 0 Å². The van der Waals surface area contributed by atoms with E-state index < -0.39 is 0 Å².